The van der Waals surface area contributed by atoms with Crippen molar-refractivity contribution >= 4 is 31.9 Å². The molecule has 0 aliphatic rings. The molecule has 1 aromatic heterocycles. The van der Waals surface area contributed by atoms with Gasteiger partial charge in [0.15, 0.2) is 0 Å². The van der Waals surface area contributed by atoms with Gasteiger partial charge in [0.1, 0.15) is 10.3 Å². The number of rotatable bonds is 2. The maximum Gasteiger partial charge on any atom is 0.280 e. The summed E-state index contributed by atoms with van der Waals surface area (Å²) in [6.07, 6.45) is -2.52. The zero-order valence-electron chi connectivity index (χ0n) is 6.82. The van der Waals surface area contributed by atoms with Gasteiger partial charge in [-0.3, -0.25) is 0 Å². The summed E-state index contributed by atoms with van der Waals surface area (Å²) in [7, 11) is 0. The van der Waals surface area contributed by atoms with Gasteiger partial charge in [0.05, 0.1) is 0 Å². The number of aromatic nitrogens is 1. The Hall–Kier alpha value is -0.0300. The van der Waals surface area contributed by atoms with E-state index in [4.69, 9.17) is 0 Å². The standard InChI is InChI=1S/C8H7Br2F2N/c1-4-2-6(10)13-7(8(11)12)5(4)3-9/h2,8H,3H2,1H3. The van der Waals surface area contributed by atoms with Crippen molar-refractivity contribution in [2.45, 2.75) is 18.7 Å². The van der Waals surface area contributed by atoms with Crippen LogP contribution >= 0.6 is 31.9 Å². The van der Waals surface area contributed by atoms with Crippen LogP contribution in [0.1, 0.15) is 23.2 Å². The third kappa shape index (κ3) is 2.47. The van der Waals surface area contributed by atoms with Crippen molar-refractivity contribution in [3.05, 3.63) is 27.5 Å². The smallest absolute Gasteiger partial charge is 0.240 e. The second-order valence-electron chi connectivity index (χ2n) is 2.56. The molecule has 1 nitrogen and oxygen atoms in total. The normalized spacial score (nSPS) is 10.9. The highest BCUT2D eigenvalue weighted by molar-refractivity contribution is 9.10. The van der Waals surface area contributed by atoms with Crippen LogP contribution in [-0.4, -0.2) is 4.98 Å². The van der Waals surface area contributed by atoms with Crippen molar-refractivity contribution in [3.8, 4) is 0 Å². The summed E-state index contributed by atoms with van der Waals surface area (Å²) in [6.45, 7) is 1.79. The van der Waals surface area contributed by atoms with Gasteiger partial charge in [-0.15, -0.1) is 0 Å². The third-order valence-electron chi connectivity index (χ3n) is 1.69. The summed E-state index contributed by atoms with van der Waals surface area (Å²) in [5.41, 5.74) is 1.23. The Morgan fingerprint density at radius 2 is 2.15 bits per heavy atom. The number of aryl methyl sites for hydroxylation is 1. The summed E-state index contributed by atoms with van der Waals surface area (Å²) in [5.74, 6) is 0. The van der Waals surface area contributed by atoms with Crippen LogP contribution in [0.5, 0.6) is 0 Å². The molecule has 0 saturated heterocycles. The van der Waals surface area contributed by atoms with Gasteiger partial charge in [-0.1, -0.05) is 15.9 Å². The highest BCUT2D eigenvalue weighted by Crippen LogP contribution is 2.27. The molecule has 13 heavy (non-hydrogen) atoms. The Bertz CT molecular complexity index is 315. The third-order valence-corrected chi connectivity index (χ3v) is 2.66. The van der Waals surface area contributed by atoms with E-state index in [2.05, 4.69) is 36.8 Å². The zero-order valence-corrected chi connectivity index (χ0v) is 9.99. The van der Waals surface area contributed by atoms with Crippen molar-refractivity contribution in [1.29, 1.82) is 0 Å². The molecule has 0 saturated carbocycles. The molecule has 1 heterocycles. The average molecular weight is 315 g/mol. The van der Waals surface area contributed by atoms with Gasteiger partial charge in [0, 0.05) is 5.33 Å². The molecule has 1 rings (SSSR count). The molecule has 0 aliphatic heterocycles. The van der Waals surface area contributed by atoms with E-state index in [-0.39, 0.29) is 5.69 Å². The number of hydrogen-bond acceptors (Lipinski definition) is 1. The molecule has 0 aliphatic carbocycles. The van der Waals surface area contributed by atoms with Crippen LogP contribution in [0.2, 0.25) is 0 Å². The molecule has 0 spiro atoms. The summed E-state index contributed by atoms with van der Waals surface area (Å²) >= 11 is 6.25. The molecule has 0 atom stereocenters. The molecule has 0 aromatic carbocycles. The zero-order chi connectivity index (χ0) is 10.0. The maximum atomic E-state index is 12.5. The summed E-state index contributed by atoms with van der Waals surface area (Å²) < 4.78 is 25.4. The first kappa shape index (κ1) is 11.0. The Morgan fingerprint density at radius 3 is 2.62 bits per heavy atom. The molecule has 0 amide bonds. The van der Waals surface area contributed by atoms with Crippen LogP contribution in [-0.2, 0) is 5.33 Å². The molecule has 72 valence electrons. The lowest BCUT2D eigenvalue weighted by molar-refractivity contribution is 0.145. The lowest BCUT2D eigenvalue weighted by Gasteiger charge is -2.08. The minimum absolute atomic E-state index is 0.149. The molecular weight excluding hydrogens is 308 g/mol. The lowest BCUT2D eigenvalue weighted by Crippen LogP contribution is -1.99. The molecular formula is C8H7Br2F2N. The Morgan fingerprint density at radius 1 is 1.54 bits per heavy atom. The van der Waals surface area contributed by atoms with Crippen LogP contribution in [0.4, 0.5) is 8.78 Å². The van der Waals surface area contributed by atoms with Gasteiger partial charge in [0.2, 0.25) is 0 Å². The predicted octanol–water partition coefficient (Wildman–Crippen LogP) is 3.99. The first-order valence-electron chi connectivity index (χ1n) is 3.56. The highest BCUT2D eigenvalue weighted by atomic mass is 79.9. The van der Waals surface area contributed by atoms with Crippen molar-refractivity contribution < 1.29 is 8.78 Å². The first-order chi connectivity index (χ1) is 6.06. The van der Waals surface area contributed by atoms with Gasteiger partial charge in [-0.05, 0) is 40.0 Å². The second-order valence-corrected chi connectivity index (χ2v) is 3.93. The topological polar surface area (TPSA) is 12.9 Å². The number of alkyl halides is 3. The summed E-state index contributed by atoms with van der Waals surface area (Å²) in [6, 6.07) is 1.72. The summed E-state index contributed by atoms with van der Waals surface area (Å²) in [4.78, 5) is 3.74. The van der Waals surface area contributed by atoms with E-state index in [9.17, 15) is 8.78 Å². The van der Waals surface area contributed by atoms with Crippen LogP contribution < -0.4 is 0 Å². The quantitative estimate of drug-likeness (QED) is 0.594. The van der Waals surface area contributed by atoms with Crippen LogP contribution in [0.25, 0.3) is 0 Å². The van der Waals surface area contributed by atoms with E-state index in [1.54, 1.807) is 13.0 Å². The van der Waals surface area contributed by atoms with E-state index >= 15 is 0 Å². The Labute approximate surface area is 91.8 Å². The van der Waals surface area contributed by atoms with E-state index < -0.39 is 6.43 Å². The average Bonchev–Trinajstić information content (AvgIpc) is 2.02. The summed E-state index contributed by atoms with van der Waals surface area (Å²) in [5, 5.41) is 0.402. The fraction of sp³-hybridized carbons (Fsp3) is 0.375. The lowest BCUT2D eigenvalue weighted by atomic mass is 10.1. The van der Waals surface area contributed by atoms with E-state index in [1.165, 1.54) is 0 Å². The van der Waals surface area contributed by atoms with Crippen LogP contribution in [0.3, 0.4) is 0 Å². The molecule has 1 aromatic rings. The fourth-order valence-electron chi connectivity index (χ4n) is 1.04. The van der Waals surface area contributed by atoms with E-state index in [1.807, 2.05) is 0 Å². The number of pyridine rings is 1. The van der Waals surface area contributed by atoms with Crippen LogP contribution in [0, 0.1) is 6.92 Å². The molecule has 0 unspecified atom stereocenters. The molecule has 5 heteroatoms. The van der Waals surface area contributed by atoms with Gasteiger partial charge < -0.3 is 0 Å². The molecule has 0 N–H and O–H groups in total. The van der Waals surface area contributed by atoms with Crippen LogP contribution in [0.15, 0.2) is 10.7 Å². The van der Waals surface area contributed by atoms with E-state index in [0.717, 1.165) is 5.56 Å². The van der Waals surface area contributed by atoms with Crippen molar-refractivity contribution in [2.75, 3.05) is 0 Å². The van der Waals surface area contributed by atoms with Crippen molar-refractivity contribution in [1.82, 2.24) is 4.98 Å². The SMILES string of the molecule is Cc1cc(Br)nc(C(F)F)c1CBr. The number of nitrogens with zero attached hydrogens (tertiary/aromatic N) is 1. The minimum Gasteiger partial charge on any atom is -0.240 e. The van der Waals surface area contributed by atoms with Gasteiger partial charge in [-0.2, -0.15) is 0 Å². The second kappa shape index (κ2) is 4.46. The number of halogens is 4. The monoisotopic (exact) mass is 313 g/mol. The van der Waals surface area contributed by atoms with Gasteiger partial charge >= 0.3 is 0 Å². The molecule has 0 radical (unpaired) electrons. The maximum absolute atomic E-state index is 12.5. The molecule has 0 fully saturated rings. The molecule has 0 bridgehead atoms. The first-order valence-corrected chi connectivity index (χ1v) is 5.47. The predicted molar refractivity (Wildman–Crippen MR) is 54.3 cm³/mol. The van der Waals surface area contributed by atoms with E-state index in [0.29, 0.717) is 15.5 Å². The highest BCUT2D eigenvalue weighted by Gasteiger charge is 2.16. The van der Waals surface area contributed by atoms with Gasteiger partial charge in [-0.25, -0.2) is 13.8 Å². The largest absolute Gasteiger partial charge is 0.280 e. The fourth-order valence-corrected chi connectivity index (χ4v) is 2.30. The Balaban J connectivity index is 3.29. The van der Waals surface area contributed by atoms with Gasteiger partial charge in [0.25, 0.3) is 6.43 Å². The number of hydrogen-bond donors (Lipinski definition) is 0. The Kier molecular flexibility index (Phi) is 3.79. The van der Waals surface area contributed by atoms with Crippen molar-refractivity contribution in [3.63, 3.8) is 0 Å². The minimum atomic E-state index is -2.52. The van der Waals surface area contributed by atoms with Crippen molar-refractivity contribution in [2.24, 2.45) is 0 Å².